The molecule has 1 saturated heterocycles. The Morgan fingerprint density at radius 3 is 3.00 bits per heavy atom. The van der Waals surface area contributed by atoms with Crippen molar-refractivity contribution >= 4 is 17.3 Å². The quantitative estimate of drug-likeness (QED) is 0.653. The predicted octanol–water partition coefficient (Wildman–Crippen LogP) is 2.06. The molecule has 1 aliphatic heterocycles. The number of amides is 1. The average Bonchev–Trinajstić information content (AvgIpc) is 2.41. The lowest BCUT2D eigenvalue weighted by Gasteiger charge is -2.22. The van der Waals surface area contributed by atoms with Gasteiger partial charge >= 0.3 is 0 Å². The number of nitro benzene ring substituents is 1. The van der Waals surface area contributed by atoms with Crippen LogP contribution in [0.4, 0.5) is 15.8 Å². The van der Waals surface area contributed by atoms with Gasteiger partial charge in [-0.3, -0.25) is 14.9 Å². The SMILES string of the molecule is O=C(CC1CCCNC1)Nc1ccc(F)cc1[N+](=O)[O-]. The van der Waals surface area contributed by atoms with Gasteiger partial charge in [-0.25, -0.2) is 4.39 Å². The summed E-state index contributed by atoms with van der Waals surface area (Å²) in [6, 6.07) is 3.10. The summed E-state index contributed by atoms with van der Waals surface area (Å²) < 4.78 is 13.0. The molecule has 0 aromatic heterocycles. The first kappa shape index (κ1) is 14.4. The van der Waals surface area contributed by atoms with Crippen LogP contribution in [0.25, 0.3) is 0 Å². The van der Waals surface area contributed by atoms with E-state index >= 15 is 0 Å². The molecular formula is C13H16FN3O3. The number of hydrogen-bond acceptors (Lipinski definition) is 4. The molecule has 1 heterocycles. The molecule has 0 saturated carbocycles. The molecule has 0 radical (unpaired) electrons. The first-order valence-corrected chi connectivity index (χ1v) is 6.51. The zero-order valence-corrected chi connectivity index (χ0v) is 10.9. The normalized spacial score (nSPS) is 18.6. The van der Waals surface area contributed by atoms with E-state index in [1.807, 2.05) is 0 Å². The Labute approximate surface area is 115 Å². The first-order valence-electron chi connectivity index (χ1n) is 6.51. The fraction of sp³-hybridized carbons (Fsp3) is 0.462. The lowest BCUT2D eigenvalue weighted by atomic mass is 9.96. The van der Waals surface area contributed by atoms with Crippen molar-refractivity contribution < 1.29 is 14.1 Å². The van der Waals surface area contributed by atoms with Gasteiger partial charge in [0, 0.05) is 6.42 Å². The molecule has 1 amide bonds. The maximum Gasteiger partial charge on any atom is 0.295 e. The van der Waals surface area contributed by atoms with Crippen LogP contribution in [0.15, 0.2) is 18.2 Å². The largest absolute Gasteiger partial charge is 0.320 e. The molecule has 1 unspecified atom stereocenters. The van der Waals surface area contributed by atoms with Gasteiger partial charge in [0.05, 0.1) is 11.0 Å². The van der Waals surface area contributed by atoms with Crippen LogP contribution in [0, 0.1) is 21.8 Å². The van der Waals surface area contributed by atoms with Crippen molar-refractivity contribution in [3.63, 3.8) is 0 Å². The second kappa shape index (κ2) is 6.42. The van der Waals surface area contributed by atoms with Gasteiger partial charge in [-0.15, -0.1) is 0 Å². The number of carbonyl (C=O) groups excluding carboxylic acids is 1. The molecule has 1 aliphatic rings. The van der Waals surface area contributed by atoms with Crippen LogP contribution in [-0.2, 0) is 4.79 Å². The molecule has 1 fully saturated rings. The van der Waals surface area contributed by atoms with E-state index in [9.17, 15) is 19.3 Å². The lowest BCUT2D eigenvalue weighted by molar-refractivity contribution is -0.384. The number of hydrogen-bond donors (Lipinski definition) is 2. The van der Waals surface area contributed by atoms with Crippen molar-refractivity contribution in [3.05, 3.63) is 34.1 Å². The van der Waals surface area contributed by atoms with Crippen LogP contribution in [0.2, 0.25) is 0 Å². The highest BCUT2D eigenvalue weighted by Crippen LogP contribution is 2.25. The Morgan fingerprint density at radius 2 is 2.35 bits per heavy atom. The van der Waals surface area contributed by atoms with E-state index in [1.165, 1.54) is 6.07 Å². The van der Waals surface area contributed by atoms with Gasteiger partial charge in [0.25, 0.3) is 5.69 Å². The summed E-state index contributed by atoms with van der Waals surface area (Å²) in [5, 5.41) is 16.5. The minimum atomic E-state index is -0.707. The zero-order chi connectivity index (χ0) is 14.5. The second-order valence-corrected chi connectivity index (χ2v) is 4.88. The standard InChI is InChI=1S/C13H16FN3O3/c14-10-3-4-11(12(7-10)17(19)20)16-13(18)6-9-2-1-5-15-8-9/h3-4,7,9,15H,1-2,5-6,8H2,(H,16,18). The van der Waals surface area contributed by atoms with Crippen LogP contribution < -0.4 is 10.6 Å². The summed E-state index contributed by atoms with van der Waals surface area (Å²) in [6.45, 7) is 1.74. The maximum absolute atomic E-state index is 13.0. The molecule has 6 nitrogen and oxygen atoms in total. The Hall–Kier alpha value is -2.02. The summed E-state index contributed by atoms with van der Waals surface area (Å²) in [5.41, 5.74) is -0.398. The summed E-state index contributed by atoms with van der Waals surface area (Å²) >= 11 is 0. The minimum Gasteiger partial charge on any atom is -0.320 e. The van der Waals surface area contributed by atoms with Gasteiger partial charge in [0.2, 0.25) is 5.91 Å². The van der Waals surface area contributed by atoms with E-state index < -0.39 is 16.4 Å². The van der Waals surface area contributed by atoms with Gasteiger partial charge in [0.15, 0.2) is 0 Å². The van der Waals surface area contributed by atoms with Gasteiger partial charge < -0.3 is 10.6 Å². The second-order valence-electron chi connectivity index (χ2n) is 4.88. The summed E-state index contributed by atoms with van der Waals surface area (Å²) in [5.74, 6) is -0.747. The van der Waals surface area contributed by atoms with Crippen molar-refractivity contribution in [1.29, 1.82) is 0 Å². The van der Waals surface area contributed by atoms with Crippen molar-refractivity contribution in [3.8, 4) is 0 Å². The molecule has 0 bridgehead atoms. The number of carbonyl (C=O) groups is 1. The van der Waals surface area contributed by atoms with E-state index in [-0.39, 0.29) is 17.5 Å². The molecule has 2 N–H and O–H groups in total. The van der Waals surface area contributed by atoms with E-state index in [1.54, 1.807) is 0 Å². The van der Waals surface area contributed by atoms with E-state index in [2.05, 4.69) is 10.6 Å². The van der Waals surface area contributed by atoms with Gasteiger partial charge in [-0.05, 0) is 44.0 Å². The van der Waals surface area contributed by atoms with Crippen LogP contribution in [0.1, 0.15) is 19.3 Å². The third-order valence-electron chi connectivity index (χ3n) is 3.30. The molecule has 1 atom stereocenters. The highest BCUT2D eigenvalue weighted by atomic mass is 19.1. The van der Waals surface area contributed by atoms with E-state index in [0.717, 1.165) is 38.1 Å². The number of halogens is 1. The van der Waals surface area contributed by atoms with Crippen molar-refractivity contribution in [2.75, 3.05) is 18.4 Å². The Kier molecular flexibility index (Phi) is 4.62. The Morgan fingerprint density at radius 1 is 1.55 bits per heavy atom. The number of benzene rings is 1. The number of nitrogens with one attached hydrogen (secondary N) is 2. The summed E-state index contributed by atoms with van der Waals surface area (Å²) in [6.07, 6.45) is 2.29. The third kappa shape index (κ3) is 3.74. The smallest absolute Gasteiger partial charge is 0.295 e. The topological polar surface area (TPSA) is 84.3 Å². The highest BCUT2D eigenvalue weighted by Gasteiger charge is 2.20. The van der Waals surface area contributed by atoms with Crippen molar-refractivity contribution in [2.24, 2.45) is 5.92 Å². The van der Waals surface area contributed by atoms with Crippen LogP contribution in [-0.4, -0.2) is 23.9 Å². The molecule has 20 heavy (non-hydrogen) atoms. The number of anilines is 1. The molecule has 0 spiro atoms. The van der Waals surface area contributed by atoms with E-state index in [4.69, 9.17) is 0 Å². The number of piperidine rings is 1. The van der Waals surface area contributed by atoms with Crippen LogP contribution in [0.3, 0.4) is 0 Å². The monoisotopic (exact) mass is 281 g/mol. The lowest BCUT2D eigenvalue weighted by Crippen LogP contribution is -2.32. The Balaban J connectivity index is 2.01. The number of nitro groups is 1. The fourth-order valence-electron chi connectivity index (χ4n) is 2.32. The summed E-state index contributed by atoms with van der Waals surface area (Å²) in [7, 11) is 0. The van der Waals surface area contributed by atoms with Gasteiger partial charge in [-0.2, -0.15) is 0 Å². The average molecular weight is 281 g/mol. The maximum atomic E-state index is 13.0. The molecule has 108 valence electrons. The molecule has 7 heteroatoms. The fourth-order valence-corrected chi connectivity index (χ4v) is 2.32. The van der Waals surface area contributed by atoms with Gasteiger partial charge in [-0.1, -0.05) is 0 Å². The zero-order valence-electron chi connectivity index (χ0n) is 10.9. The van der Waals surface area contributed by atoms with Crippen LogP contribution >= 0.6 is 0 Å². The molecule has 0 aliphatic carbocycles. The van der Waals surface area contributed by atoms with Crippen molar-refractivity contribution in [2.45, 2.75) is 19.3 Å². The third-order valence-corrected chi connectivity index (χ3v) is 3.30. The van der Waals surface area contributed by atoms with E-state index in [0.29, 0.717) is 6.42 Å². The number of nitrogens with zero attached hydrogens (tertiary/aromatic N) is 1. The van der Waals surface area contributed by atoms with Crippen molar-refractivity contribution in [1.82, 2.24) is 5.32 Å². The molecule has 1 aromatic rings. The first-order chi connectivity index (χ1) is 9.56. The highest BCUT2D eigenvalue weighted by molar-refractivity contribution is 5.93. The molecular weight excluding hydrogens is 265 g/mol. The van der Waals surface area contributed by atoms with Gasteiger partial charge in [0.1, 0.15) is 11.5 Å². The summed E-state index contributed by atoms with van der Waals surface area (Å²) in [4.78, 5) is 22.0. The Bertz CT molecular complexity index is 516. The molecule has 1 aromatic carbocycles. The predicted molar refractivity (Wildman–Crippen MR) is 71.9 cm³/mol. The molecule has 2 rings (SSSR count). The number of rotatable bonds is 4. The minimum absolute atomic E-state index is 0.0326. The van der Waals surface area contributed by atoms with Crippen LogP contribution in [0.5, 0.6) is 0 Å².